The van der Waals surface area contributed by atoms with Crippen LogP contribution >= 0.6 is 0 Å². The van der Waals surface area contributed by atoms with Gasteiger partial charge in [0, 0.05) is 31.2 Å². The van der Waals surface area contributed by atoms with Gasteiger partial charge in [-0.3, -0.25) is 9.67 Å². The highest BCUT2D eigenvalue weighted by molar-refractivity contribution is 5.34. The molecule has 0 aliphatic rings. The summed E-state index contributed by atoms with van der Waals surface area (Å²) in [5, 5.41) is 7.94. The summed E-state index contributed by atoms with van der Waals surface area (Å²) in [5.74, 6) is 0.546. The molecule has 0 aromatic carbocycles. The van der Waals surface area contributed by atoms with Gasteiger partial charge < -0.3 is 10.1 Å². The van der Waals surface area contributed by atoms with E-state index in [4.69, 9.17) is 4.74 Å². The van der Waals surface area contributed by atoms with E-state index in [0.29, 0.717) is 5.88 Å². The van der Waals surface area contributed by atoms with Crippen LogP contribution in [0.4, 0.5) is 0 Å². The van der Waals surface area contributed by atoms with Crippen LogP contribution in [0.15, 0.2) is 18.6 Å². The molecule has 2 rings (SSSR count). The summed E-state index contributed by atoms with van der Waals surface area (Å²) in [5.41, 5.74) is 2.97. The Labute approximate surface area is 119 Å². The van der Waals surface area contributed by atoms with E-state index < -0.39 is 0 Å². The van der Waals surface area contributed by atoms with Gasteiger partial charge in [0.15, 0.2) is 0 Å². The molecule has 0 bridgehead atoms. The number of nitrogens with zero attached hydrogens (tertiary/aromatic N) is 4. The van der Waals surface area contributed by atoms with Crippen molar-refractivity contribution in [2.24, 2.45) is 7.05 Å². The van der Waals surface area contributed by atoms with Crippen molar-refractivity contribution in [3.8, 4) is 5.88 Å². The molecule has 0 saturated carbocycles. The lowest BCUT2D eigenvalue weighted by atomic mass is 10.0. The third-order valence-electron chi connectivity index (χ3n) is 3.15. The predicted octanol–water partition coefficient (Wildman–Crippen LogP) is 1.48. The number of aryl methyl sites for hydroxylation is 2. The Morgan fingerprint density at radius 3 is 2.70 bits per heavy atom. The van der Waals surface area contributed by atoms with E-state index in [0.717, 1.165) is 29.9 Å². The predicted molar refractivity (Wildman–Crippen MR) is 76.7 cm³/mol. The van der Waals surface area contributed by atoms with Crippen LogP contribution in [-0.4, -0.2) is 33.4 Å². The minimum atomic E-state index is -0.0627. The minimum absolute atomic E-state index is 0.0627. The van der Waals surface area contributed by atoms with E-state index in [1.165, 1.54) is 0 Å². The molecule has 20 heavy (non-hydrogen) atoms. The second-order valence-electron chi connectivity index (χ2n) is 4.50. The highest BCUT2D eigenvalue weighted by atomic mass is 16.5. The molecule has 6 heteroatoms. The maximum absolute atomic E-state index is 5.33. The van der Waals surface area contributed by atoms with Gasteiger partial charge in [0.05, 0.1) is 18.8 Å². The first-order valence-corrected chi connectivity index (χ1v) is 6.81. The fourth-order valence-electron chi connectivity index (χ4n) is 2.32. The summed E-state index contributed by atoms with van der Waals surface area (Å²) in [7, 11) is 3.54. The van der Waals surface area contributed by atoms with E-state index in [-0.39, 0.29) is 6.04 Å². The molecule has 0 radical (unpaired) electrons. The molecule has 2 aromatic heterocycles. The molecule has 0 spiro atoms. The number of ether oxygens (including phenoxy) is 1. The van der Waals surface area contributed by atoms with Gasteiger partial charge in [-0.15, -0.1) is 0 Å². The number of nitrogens with one attached hydrogen (secondary N) is 1. The molecule has 0 saturated heterocycles. The molecule has 1 atom stereocenters. The Balaban J connectivity index is 2.50. The van der Waals surface area contributed by atoms with Gasteiger partial charge in [-0.25, -0.2) is 4.98 Å². The average molecular weight is 275 g/mol. The van der Waals surface area contributed by atoms with Crippen LogP contribution in [0.25, 0.3) is 0 Å². The quantitative estimate of drug-likeness (QED) is 0.865. The standard InChI is InChI=1S/C14H21N5O/c1-5-11-10(9-19(3)18-11)12(15-6-2)13-14(20-4)17-8-7-16-13/h7-9,12,15H,5-6H2,1-4H3. The van der Waals surface area contributed by atoms with E-state index in [9.17, 15) is 0 Å². The Morgan fingerprint density at radius 1 is 1.30 bits per heavy atom. The second-order valence-corrected chi connectivity index (χ2v) is 4.50. The van der Waals surface area contributed by atoms with Crippen molar-refractivity contribution in [2.75, 3.05) is 13.7 Å². The third-order valence-corrected chi connectivity index (χ3v) is 3.15. The van der Waals surface area contributed by atoms with Crippen molar-refractivity contribution in [1.29, 1.82) is 0 Å². The lowest BCUT2D eigenvalue weighted by molar-refractivity contribution is 0.383. The smallest absolute Gasteiger partial charge is 0.237 e. The summed E-state index contributed by atoms with van der Waals surface area (Å²) in [6, 6.07) is -0.0627. The summed E-state index contributed by atoms with van der Waals surface area (Å²) in [6.45, 7) is 4.99. The largest absolute Gasteiger partial charge is 0.480 e. The number of hydrogen-bond donors (Lipinski definition) is 1. The van der Waals surface area contributed by atoms with Crippen LogP contribution in [0.2, 0.25) is 0 Å². The molecule has 108 valence electrons. The first kappa shape index (κ1) is 14.5. The second kappa shape index (κ2) is 6.47. The Bertz CT molecular complexity index is 566. The van der Waals surface area contributed by atoms with Gasteiger partial charge in [-0.05, 0) is 13.0 Å². The zero-order chi connectivity index (χ0) is 14.5. The van der Waals surface area contributed by atoms with Crippen molar-refractivity contribution in [3.63, 3.8) is 0 Å². The van der Waals surface area contributed by atoms with Crippen molar-refractivity contribution in [3.05, 3.63) is 35.5 Å². The van der Waals surface area contributed by atoms with Gasteiger partial charge in [0.25, 0.3) is 0 Å². The fraction of sp³-hybridized carbons (Fsp3) is 0.500. The Hall–Kier alpha value is -1.95. The van der Waals surface area contributed by atoms with Gasteiger partial charge in [-0.1, -0.05) is 13.8 Å². The van der Waals surface area contributed by atoms with Crippen molar-refractivity contribution in [1.82, 2.24) is 25.1 Å². The first-order chi connectivity index (χ1) is 9.71. The molecule has 0 aliphatic heterocycles. The Kier molecular flexibility index (Phi) is 4.68. The van der Waals surface area contributed by atoms with Crippen LogP contribution in [-0.2, 0) is 13.5 Å². The third kappa shape index (κ3) is 2.80. The molecular weight excluding hydrogens is 254 g/mol. The van der Waals surface area contributed by atoms with Crippen LogP contribution < -0.4 is 10.1 Å². The maximum Gasteiger partial charge on any atom is 0.237 e. The normalized spacial score (nSPS) is 12.4. The molecular formula is C14H21N5O. The number of aromatic nitrogens is 4. The lowest BCUT2D eigenvalue weighted by Gasteiger charge is -2.18. The van der Waals surface area contributed by atoms with Crippen molar-refractivity contribution >= 4 is 0 Å². The SMILES string of the molecule is CCNC(c1cn(C)nc1CC)c1nccnc1OC. The zero-order valence-electron chi connectivity index (χ0n) is 12.4. The summed E-state index contributed by atoms with van der Waals surface area (Å²) < 4.78 is 7.17. The van der Waals surface area contributed by atoms with Crippen molar-refractivity contribution in [2.45, 2.75) is 26.3 Å². The maximum atomic E-state index is 5.33. The summed E-state index contributed by atoms with van der Waals surface area (Å²) >= 11 is 0. The fourth-order valence-corrected chi connectivity index (χ4v) is 2.32. The molecule has 6 nitrogen and oxygen atoms in total. The van der Waals surface area contributed by atoms with Gasteiger partial charge in [0.2, 0.25) is 5.88 Å². The number of hydrogen-bond acceptors (Lipinski definition) is 5. The first-order valence-electron chi connectivity index (χ1n) is 6.81. The number of methoxy groups -OCH3 is 1. The van der Waals surface area contributed by atoms with Crippen LogP contribution in [0.5, 0.6) is 5.88 Å². The van der Waals surface area contributed by atoms with Gasteiger partial charge in [0.1, 0.15) is 5.69 Å². The summed E-state index contributed by atoms with van der Waals surface area (Å²) in [6.07, 6.45) is 6.22. The molecule has 0 amide bonds. The highest BCUT2D eigenvalue weighted by Gasteiger charge is 2.23. The molecule has 2 aromatic rings. The van der Waals surface area contributed by atoms with Crippen LogP contribution in [0, 0.1) is 0 Å². The van der Waals surface area contributed by atoms with E-state index >= 15 is 0 Å². The highest BCUT2D eigenvalue weighted by Crippen LogP contribution is 2.28. The zero-order valence-corrected chi connectivity index (χ0v) is 12.4. The summed E-state index contributed by atoms with van der Waals surface area (Å²) in [4.78, 5) is 8.68. The molecule has 0 fully saturated rings. The molecule has 1 N–H and O–H groups in total. The topological polar surface area (TPSA) is 64.9 Å². The van der Waals surface area contributed by atoms with E-state index in [1.54, 1.807) is 19.5 Å². The molecule has 0 aliphatic carbocycles. The van der Waals surface area contributed by atoms with Gasteiger partial charge in [-0.2, -0.15) is 5.10 Å². The number of rotatable bonds is 6. The van der Waals surface area contributed by atoms with E-state index in [1.807, 2.05) is 17.9 Å². The van der Waals surface area contributed by atoms with Crippen molar-refractivity contribution < 1.29 is 4.74 Å². The minimum Gasteiger partial charge on any atom is -0.480 e. The van der Waals surface area contributed by atoms with Crippen LogP contribution in [0.1, 0.15) is 36.8 Å². The molecule has 1 unspecified atom stereocenters. The van der Waals surface area contributed by atoms with Gasteiger partial charge >= 0.3 is 0 Å². The Morgan fingerprint density at radius 2 is 2.05 bits per heavy atom. The van der Waals surface area contributed by atoms with E-state index in [2.05, 4.69) is 34.2 Å². The average Bonchev–Trinajstić information content (AvgIpc) is 2.85. The van der Waals surface area contributed by atoms with Crippen LogP contribution in [0.3, 0.4) is 0 Å². The lowest BCUT2D eigenvalue weighted by Crippen LogP contribution is -2.24. The molecule has 2 heterocycles. The monoisotopic (exact) mass is 275 g/mol.